The summed E-state index contributed by atoms with van der Waals surface area (Å²) in [7, 11) is 0. The van der Waals surface area contributed by atoms with Crippen LogP contribution < -0.4 is 4.90 Å². The lowest BCUT2D eigenvalue weighted by atomic mass is 10.0. The lowest BCUT2D eigenvalue weighted by Crippen LogP contribution is -2.30. The zero-order valence-corrected chi connectivity index (χ0v) is 14.5. The van der Waals surface area contributed by atoms with Crippen molar-refractivity contribution in [2.45, 2.75) is 18.2 Å². The van der Waals surface area contributed by atoms with Gasteiger partial charge in [0.25, 0.3) is 5.91 Å². The van der Waals surface area contributed by atoms with Gasteiger partial charge in [-0.2, -0.15) is 0 Å². The maximum atomic E-state index is 13.4. The van der Waals surface area contributed by atoms with E-state index in [1.165, 1.54) is 11.1 Å². The number of alkyl halides is 1. The molecule has 1 amide bonds. The Morgan fingerprint density at radius 2 is 1.24 bits per heavy atom. The summed E-state index contributed by atoms with van der Waals surface area (Å²) in [6, 6.07) is 25.7. The summed E-state index contributed by atoms with van der Waals surface area (Å²) < 4.78 is 0. The van der Waals surface area contributed by atoms with Crippen LogP contribution in [0.15, 0.2) is 78.9 Å². The van der Waals surface area contributed by atoms with Crippen molar-refractivity contribution in [2.75, 3.05) is 4.90 Å². The molecule has 0 bridgehead atoms. The van der Waals surface area contributed by atoms with Gasteiger partial charge < -0.3 is 0 Å². The normalized spacial score (nSPS) is 14.2. The molecule has 124 valence electrons. The summed E-state index contributed by atoms with van der Waals surface area (Å²) in [5.41, 5.74) is 5.01. The Balaban J connectivity index is 1.84. The zero-order chi connectivity index (χ0) is 17.2. The van der Waals surface area contributed by atoms with Gasteiger partial charge in [0.15, 0.2) is 0 Å². The molecule has 0 unspecified atom stereocenters. The highest BCUT2D eigenvalue weighted by molar-refractivity contribution is 6.33. The predicted octanol–water partition coefficient (Wildman–Crippen LogP) is 5.43. The molecule has 0 saturated carbocycles. The van der Waals surface area contributed by atoms with Crippen LogP contribution in [0.1, 0.15) is 22.1 Å². The van der Waals surface area contributed by atoms with Gasteiger partial charge >= 0.3 is 0 Å². The highest BCUT2D eigenvalue weighted by Crippen LogP contribution is 2.38. The number of aryl methyl sites for hydroxylation is 2. The van der Waals surface area contributed by atoms with Gasteiger partial charge in [-0.1, -0.05) is 66.7 Å². The first-order valence-electron chi connectivity index (χ1n) is 8.44. The number of hydrogen-bond donors (Lipinski definition) is 0. The number of benzene rings is 3. The molecule has 3 heteroatoms. The Bertz CT molecular complexity index is 859. The minimum atomic E-state index is -0.722. The third kappa shape index (κ3) is 2.94. The highest BCUT2D eigenvalue weighted by Gasteiger charge is 2.30. The van der Waals surface area contributed by atoms with E-state index in [1.807, 2.05) is 66.7 Å². The van der Waals surface area contributed by atoms with Crippen LogP contribution in [0.4, 0.5) is 11.4 Å². The molecule has 1 atom stereocenters. The smallest absolute Gasteiger partial charge is 0.254 e. The maximum Gasteiger partial charge on any atom is 0.254 e. The topological polar surface area (TPSA) is 20.3 Å². The van der Waals surface area contributed by atoms with E-state index < -0.39 is 5.38 Å². The number of halogens is 1. The molecule has 25 heavy (non-hydrogen) atoms. The average molecular weight is 348 g/mol. The zero-order valence-electron chi connectivity index (χ0n) is 13.7. The minimum Gasteiger partial charge on any atom is -0.279 e. The molecule has 0 fully saturated rings. The van der Waals surface area contributed by atoms with Crippen molar-refractivity contribution in [3.05, 3.63) is 95.6 Å². The number of carbonyl (C=O) groups is 1. The number of hydrogen-bond acceptors (Lipinski definition) is 1. The van der Waals surface area contributed by atoms with Gasteiger partial charge in [-0.15, -0.1) is 11.6 Å². The summed E-state index contributed by atoms with van der Waals surface area (Å²) in [6.07, 6.45) is 1.82. The van der Waals surface area contributed by atoms with Crippen molar-refractivity contribution in [3.8, 4) is 0 Å². The molecule has 0 aliphatic carbocycles. The van der Waals surface area contributed by atoms with Crippen molar-refractivity contribution < 1.29 is 4.79 Å². The lowest BCUT2D eigenvalue weighted by Gasteiger charge is -2.27. The van der Waals surface area contributed by atoms with Crippen LogP contribution >= 0.6 is 11.6 Å². The summed E-state index contributed by atoms with van der Waals surface area (Å²) in [4.78, 5) is 15.2. The van der Waals surface area contributed by atoms with Crippen molar-refractivity contribution in [1.29, 1.82) is 0 Å². The molecule has 3 aromatic rings. The monoisotopic (exact) mass is 347 g/mol. The summed E-state index contributed by atoms with van der Waals surface area (Å²) in [6.45, 7) is 0. The van der Waals surface area contributed by atoms with E-state index in [-0.39, 0.29) is 5.91 Å². The molecular weight excluding hydrogens is 330 g/mol. The number of para-hydroxylation sites is 2. The first-order valence-corrected chi connectivity index (χ1v) is 8.88. The van der Waals surface area contributed by atoms with Gasteiger partial charge in [0.1, 0.15) is 5.38 Å². The second-order valence-corrected chi connectivity index (χ2v) is 6.64. The van der Waals surface area contributed by atoms with Gasteiger partial charge in [0.2, 0.25) is 0 Å². The minimum absolute atomic E-state index is 0.116. The molecule has 1 aliphatic rings. The van der Waals surface area contributed by atoms with E-state index in [0.29, 0.717) is 0 Å². The van der Waals surface area contributed by atoms with Gasteiger partial charge in [-0.3, -0.25) is 9.69 Å². The number of nitrogens with zero attached hydrogens (tertiary/aromatic N) is 1. The van der Waals surface area contributed by atoms with Crippen molar-refractivity contribution in [1.82, 2.24) is 0 Å². The molecular formula is C22H18ClNO. The number of rotatable bonds is 2. The van der Waals surface area contributed by atoms with E-state index in [4.69, 9.17) is 11.6 Å². The van der Waals surface area contributed by atoms with E-state index in [9.17, 15) is 4.79 Å². The van der Waals surface area contributed by atoms with Crippen LogP contribution in [0.25, 0.3) is 0 Å². The quantitative estimate of drug-likeness (QED) is 0.566. The molecule has 0 N–H and O–H groups in total. The third-order valence-corrected chi connectivity index (χ3v) is 5.10. The molecule has 2 nitrogen and oxygen atoms in total. The fraction of sp³-hybridized carbons (Fsp3) is 0.136. The fourth-order valence-corrected chi connectivity index (χ4v) is 3.64. The predicted molar refractivity (Wildman–Crippen MR) is 102 cm³/mol. The standard InChI is InChI=1S/C22H18ClNO/c23-21(18-10-2-1-3-11-18)22(25)24-19-12-6-4-8-16(19)14-15-17-9-5-7-13-20(17)24/h1-13,21H,14-15H2/t21-/m1/s1. The van der Waals surface area contributed by atoms with Crippen molar-refractivity contribution in [2.24, 2.45) is 0 Å². The highest BCUT2D eigenvalue weighted by atomic mass is 35.5. The average Bonchev–Trinajstić information content (AvgIpc) is 2.84. The molecule has 1 aliphatic heterocycles. The fourth-order valence-electron chi connectivity index (χ4n) is 3.40. The Labute approximate surface area is 152 Å². The van der Waals surface area contributed by atoms with Gasteiger partial charge in [0, 0.05) is 0 Å². The largest absolute Gasteiger partial charge is 0.279 e. The number of fused-ring (bicyclic) bond motifs is 2. The SMILES string of the molecule is O=C([C@H](Cl)c1ccccc1)N1c2ccccc2CCc2ccccc21. The summed E-state index contributed by atoms with van der Waals surface area (Å²) in [5, 5.41) is -0.722. The van der Waals surface area contributed by atoms with Gasteiger partial charge in [-0.25, -0.2) is 0 Å². The summed E-state index contributed by atoms with van der Waals surface area (Å²) >= 11 is 6.59. The maximum absolute atomic E-state index is 13.4. The Kier molecular flexibility index (Phi) is 4.29. The number of anilines is 2. The van der Waals surface area contributed by atoms with Crippen LogP contribution in [0.5, 0.6) is 0 Å². The first-order chi connectivity index (χ1) is 12.3. The van der Waals surface area contributed by atoms with Crippen LogP contribution in [-0.4, -0.2) is 5.91 Å². The van der Waals surface area contributed by atoms with Crippen LogP contribution in [0.2, 0.25) is 0 Å². The second kappa shape index (κ2) is 6.73. The lowest BCUT2D eigenvalue weighted by molar-refractivity contribution is -0.117. The second-order valence-electron chi connectivity index (χ2n) is 6.20. The Morgan fingerprint density at radius 3 is 1.80 bits per heavy atom. The molecule has 0 radical (unpaired) electrons. The first kappa shape index (κ1) is 15.9. The number of amides is 1. The molecule has 4 rings (SSSR count). The van der Waals surface area contributed by atoms with Crippen molar-refractivity contribution in [3.63, 3.8) is 0 Å². The Hall–Kier alpha value is -2.58. The molecule has 1 heterocycles. The van der Waals surface area contributed by atoms with E-state index >= 15 is 0 Å². The molecule has 0 saturated heterocycles. The van der Waals surface area contributed by atoms with Crippen LogP contribution in [0, 0.1) is 0 Å². The Morgan fingerprint density at radius 1 is 0.760 bits per heavy atom. The number of carbonyl (C=O) groups excluding carboxylic acids is 1. The van der Waals surface area contributed by atoms with E-state index in [0.717, 1.165) is 29.8 Å². The third-order valence-electron chi connectivity index (χ3n) is 4.66. The molecule has 3 aromatic carbocycles. The van der Waals surface area contributed by atoms with Gasteiger partial charge in [-0.05, 0) is 41.7 Å². The van der Waals surface area contributed by atoms with E-state index in [2.05, 4.69) is 12.1 Å². The van der Waals surface area contributed by atoms with Crippen LogP contribution in [0.3, 0.4) is 0 Å². The van der Waals surface area contributed by atoms with Crippen molar-refractivity contribution >= 4 is 28.9 Å². The van der Waals surface area contributed by atoms with E-state index in [1.54, 1.807) is 4.90 Å². The summed E-state index contributed by atoms with van der Waals surface area (Å²) in [5.74, 6) is -0.116. The molecule has 0 spiro atoms. The molecule has 0 aromatic heterocycles. The van der Waals surface area contributed by atoms with Gasteiger partial charge in [0.05, 0.1) is 11.4 Å². The van der Waals surface area contributed by atoms with Crippen LogP contribution in [-0.2, 0) is 17.6 Å².